The second kappa shape index (κ2) is 5.54. The number of nitrogens with zero attached hydrogens (tertiary/aromatic N) is 2. The fraction of sp³-hybridized carbons (Fsp3) is 0.133. The molecule has 0 fully saturated rings. The molecular formula is C15H12Br2N2S. The predicted octanol–water partition coefficient (Wildman–Crippen LogP) is 4.86. The maximum absolute atomic E-state index is 4.52. The second-order valence-corrected chi connectivity index (χ2v) is 6.90. The van der Waals surface area contributed by atoms with E-state index < -0.39 is 0 Å². The maximum Gasteiger partial charge on any atom is 0.169 e. The normalized spacial score (nSPS) is 17.2. The van der Waals surface area contributed by atoms with Crippen molar-refractivity contribution in [1.29, 1.82) is 0 Å². The second-order valence-electron chi connectivity index (χ2n) is 4.60. The van der Waals surface area contributed by atoms with E-state index in [1.807, 2.05) is 0 Å². The van der Waals surface area contributed by atoms with Crippen LogP contribution < -0.4 is 0 Å². The van der Waals surface area contributed by atoms with Crippen LogP contribution in [0.2, 0.25) is 0 Å². The number of hydrogen-bond donors (Lipinski definition) is 0. The third-order valence-electron chi connectivity index (χ3n) is 3.46. The van der Waals surface area contributed by atoms with Crippen LogP contribution in [0, 0.1) is 0 Å². The van der Waals surface area contributed by atoms with Gasteiger partial charge in [-0.2, -0.15) is 0 Å². The van der Waals surface area contributed by atoms with Crippen LogP contribution in [0.5, 0.6) is 0 Å². The molecule has 4 rings (SSSR count). The number of aliphatic imine (C=N–C) groups is 1. The Labute approximate surface area is 140 Å². The van der Waals surface area contributed by atoms with Crippen molar-refractivity contribution in [1.82, 2.24) is 4.90 Å². The van der Waals surface area contributed by atoms with Crippen molar-refractivity contribution in [2.24, 2.45) is 4.99 Å². The molecule has 0 aromatic heterocycles. The molecule has 0 amide bonds. The number of benzene rings is 2. The molecule has 20 heavy (non-hydrogen) atoms. The summed E-state index contributed by atoms with van der Waals surface area (Å²) in [5.41, 5.74) is 2.51. The SMILES string of the molecule is Br.BrC1=C(c2ccc3ccccc3c2)N2CCN=C2S1. The van der Waals surface area contributed by atoms with Gasteiger partial charge in [0.2, 0.25) is 0 Å². The summed E-state index contributed by atoms with van der Waals surface area (Å²) in [6.45, 7) is 1.89. The number of thioether (sulfide) groups is 1. The van der Waals surface area contributed by atoms with Gasteiger partial charge in [-0.1, -0.05) is 36.4 Å². The number of rotatable bonds is 1. The van der Waals surface area contributed by atoms with Crippen molar-refractivity contribution in [3.63, 3.8) is 0 Å². The fourth-order valence-electron chi connectivity index (χ4n) is 2.56. The molecule has 5 heteroatoms. The molecule has 2 heterocycles. The van der Waals surface area contributed by atoms with Crippen molar-refractivity contribution in [3.05, 3.63) is 51.8 Å². The van der Waals surface area contributed by atoms with E-state index in [1.165, 1.54) is 25.8 Å². The van der Waals surface area contributed by atoms with E-state index in [1.54, 1.807) is 11.8 Å². The van der Waals surface area contributed by atoms with Gasteiger partial charge < -0.3 is 4.90 Å². The average molecular weight is 412 g/mol. The first-order valence-corrected chi connectivity index (χ1v) is 7.83. The largest absolute Gasteiger partial charge is 0.317 e. The lowest BCUT2D eigenvalue weighted by Gasteiger charge is -2.17. The fourth-order valence-corrected chi connectivity index (χ4v) is 4.37. The lowest BCUT2D eigenvalue weighted by atomic mass is 10.1. The van der Waals surface area contributed by atoms with Gasteiger partial charge in [-0.3, -0.25) is 4.99 Å². The molecule has 102 valence electrons. The number of halogens is 2. The van der Waals surface area contributed by atoms with Crippen LogP contribution in [0.3, 0.4) is 0 Å². The Morgan fingerprint density at radius 3 is 2.75 bits per heavy atom. The molecule has 0 spiro atoms. The minimum absolute atomic E-state index is 0. The summed E-state index contributed by atoms with van der Waals surface area (Å²) in [5.74, 6) is 0. The average Bonchev–Trinajstić information content (AvgIpc) is 2.98. The summed E-state index contributed by atoms with van der Waals surface area (Å²) < 4.78 is 1.17. The molecule has 0 radical (unpaired) electrons. The highest BCUT2D eigenvalue weighted by Crippen LogP contribution is 2.44. The lowest BCUT2D eigenvalue weighted by molar-refractivity contribution is 0.649. The molecule has 0 bridgehead atoms. The summed E-state index contributed by atoms with van der Waals surface area (Å²) in [6, 6.07) is 15.1. The third kappa shape index (κ3) is 2.22. The first-order chi connectivity index (χ1) is 9.33. The minimum Gasteiger partial charge on any atom is -0.317 e. The molecule has 2 nitrogen and oxygen atoms in total. The Bertz CT molecular complexity index is 739. The van der Waals surface area contributed by atoms with Gasteiger partial charge in [0.1, 0.15) is 0 Å². The molecule has 2 aliphatic rings. The van der Waals surface area contributed by atoms with Crippen molar-refractivity contribution in [3.8, 4) is 0 Å². The molecule has 2 aromatic rings. The highest BCUT2D eigenvalue weighted by Gasteiger charge is 2.31. The van der Waals surface area contributed by atoms with Crippen molar-refractivity contribution >= 4 is 66.3 Å². The summed E-state index contributed by atoms with van der Waals surface area (Å²) in [7, 11) is 0. The Kier molecular flexibility index (Phi) is 3.93. The Hall–Kier alpha value is -0.780. The molecule has 0 unspecified atom stereocenters. The Morgan fingerprint density at radius 1 is 1.10 bits per heavy atom. The highest BCUT2D eigenvalue weighted by molar-refractivity contribution is 9.14. The Morgan fingerprint density at radius 2 is 1.90 bits per heavy atom. The van der Waals surface area contributed by atoms with Crippen LogP contribution >= 0.6 is 44.7 Å². The van der Waals surface area contributed by atoms with E-state index in [4.69, 9.17) is 0 Å². The van der Waals surface area contributed by atoms with Gasteiger partial charge in [-0.15, -0.1) is 17.0 Å². The van der Waals surface area contributed by atoms with Gasteiger partial charge in [-0.05, 0) is 44.5 Å². The van der Waals surface area contributed by atoms with Crippen LogP contribution in [0.4, 0.5) is 0 Å². The smallest absolute Gasteiger partial charge is 0.169 e. The number of fused-ring (bicyclic) bond motifs is 2. The zero-order valence-electron chi connectivity index (χ0n) is 10.5. The highest BCUT2D eigenvalue weighted by atomic mass is 79.9. The third-order valence-corrected chi connectivity index (χ3v) is 5.23. The van der Waals surface area contributed by atoms with Gasteiger partial charge in [0.25, 0.3) is 0 Å². The van der Waals surface area contributed by atoms with Crippen molar-refractivity contribution in [2.75, 3.05) is 13.1 Å². The summed E-state index contributed by atoms with van der Waals surface area (Å²) in [4.78, 5) is 6.82. The van der Waals surface area contributed by atoms with Gasteiger partial charge in [-0.25, -0.2) is 0 Å². The molecule has 0 atom stereocenters. The summed E-state index contributed by atoms with van der Waals surface area (Å²) >= 11 is 5.40. The topological polar surface area (TPSA) is 15.6 Å². The molecule has 0 saturated heterocycles. The van der Waals surface area contributed by atoms with Crippen molar-refractivity contribution < 1.29 is 0 Å². The standard InChI is InChI=1S/C15H11BrN2S.BrH/c16-14-13(18-8-7-17-15(18)19-14)12-6-5-10-3-1-2-4-11(10)9-12;/h1-6,9H,7-8H2;1H. The molecule has 2 aliphatic heterocycles. The Balaban J connectivity index is 0.00000121. The van der Waals surface area contributed by atoms with Gasteiger partial charge in [0.05, 0.1) is 16.1 Å². The van der Waals surface area contributed by atoms with Crippen molar-refractivity contribution in [2.45, 2.75) is 0 Å². The monoisotopic (exact) mass is 410 g/mol. The minimum atomic E-state index is 0. The number of hydrogen-bond acceptors (Lipinski definition) is 3. The van der Waals surface area contributed by atoms with Crippen LogP contribution in [0.25, 0.3) is 16.5 Å². The molecule has 0 aliphatic carbocycles. The zero-order valence-corrected chi connectivity index (χ0v) is 14.7. The first-order valence-electron chi connectivity index (χ1n) is 6.22. The van der Waals surface area contributed by atoms with E-state index in [0.29, 0.717) is 0 Å². The summed E-state index contributed by atoms with van der Waals surface area (Å²) in [5, 5.41) is 3.68. The number of amidine groups is 1. The van der Waals surface area contributed by atoms with Crippen LogP contribution in [0.1, 0.15) is 5.56 Å². The van der Waals surface area contributed by atoms with Crippen LogP contribution in [-0.2, 0) is 0 Å². The van der Waals surface area contributed by atoms with Gasteiger partial charge in [0, 0.05) is 12.1 Å². The maximum atomic E-state index is 4.52. The van der Waals surface area contributed by atoms with E-state index in [-0.39, 0.29) is 17.0 Å². The zero-order chi connectivity index (χ0) is 12.8. The van der Waals surface area contributed by atoms with Gasteiger partial charge in [0.15, 0.2) is 5.17 Å². The van der Waals surface area contributed by atoms with E-state index in [0.717, 1.165) is 18.3 Å². The lowest BCUT2D eigenvalue weighted by Crippen LogP contribution is -2.19. The van der Waals surface area contributed by atoms with Crippen LogP contribution in [-0.4, -0.2) is 23.2 Å². The first kappa shape index (κ1) is 14.2. The van der Waals surface area contributed by atoms with E-state index >= 15 is 0 Å². The summed E-state index contributed by atoms with van der Waals surface area (Å²) in [6.07, 6.45) is 0. The molecular weight excluding hydrogens is 400 g/mol. The quantitative estimate of drug-likeness (QED) is 0.665. The van der Waals surface area contributed by atoms with Gasteiger partial charge >= 0.3 is 0 Å². The predicted molar refractivity (Wildman–Crippen MR) is 96.7 cm³/mol. The molecule has 0 saturated carbocycles. The van der Waals surface area contributed by atoms with Crippen LogP contribution in [0.15, 0.2) is 51.3 Å². The molecule has 0 N–H and O–H groups in total. The van der Waals surface area contributed by atoms with E-state index in [2.05, 4.69) is 68.3 Å². The molecule has 2 aromatic carbocycles. The van der Waals surface area contributed by atoms with E-state index in [9.17, 15) is 0 Å².